The smallest absolute Gasteiger partial charge is 0.219 e. The van der Waals surface area contributed by atoms with Crippen LogP contribution in [0.1, 0.15) is 73.9 Å². The summed E-state index contributed by atoms with van der Waals surface area (Å²) >= 11 is 0. The number of carbonyl (C=O) groups excluding carboxylic acids is 1. The highest BCUT2D eigenvalue weighted by Crippen LogP contribution is 2.46. The van der Waals surface area contributed by atoms with Crippen LogP contribution in [0.5, 0.6) is 0 Å². The van der Waals surface area contributed by atoms with Gasteiger partial charge in [-0.1, -0.05) is 29.8 Å². The molecule has 1 saturated carbocycles. The molecular weight excluding hydrogens is 370 g/mol. The predicted octanol–water partition coefficient (Wildman–Crippen LogP) is 4.96. The van der Waals surface area contributed by atoms with Crippen molar-refractivity contribution in [2.75, 3.05) is 6.54 Å². The van der Waals surface area contributed by atoms with E-state index in [2.05, 4.69) is 29.0 Å². The van der Waals surface area contributed by atoms with Crippen molar-refractivity contribution in [3.05, 3.63) is 58.2 Å². The van der Waals surface area contributed by atoms with Gasteiger partial charge in [0, 0.05) is 49.2 Å². The number of amides is 1. The molecule has 0 saturated heterocycles. The Morgan fingerprint density at radius 1 is 1.03 bits per heavy atom. The number of fused-ring (bicyclic) bond motifs is 3. The highest BCUT2D eigenvalue weighted by atomic mass is 16.2. The molecule has 6 rings (SSSR count). The lowest BCUT2D eigenvalue weighted by Gasteiger charge is -2.28. The van der Waals surface area contributed by atoms with Crippen molar-refractivity contribution in [1.29, 1.82) is 0 Å². The summed E-state index contributed by atoms with van der Waals surface area (Å²) in [6.07, 6.45) is 13.0. The van der Waals surface area contributed by atoms with Crippen LogP contribution in [0.2, 0.25) is 0 Å². The zero-order valence-corrected chi connectivity index (χ0v) is 17.9. The fourth-order valence-corrected chi connectivity index (χ4v) is 5.91. The third-order valence-electron chi connectivity index (χ3n) is 7.70. The Morgan fingerprint density at radius 3 is 2.80 bits per heavy atom. The van der Waals surface area contributed by atoms with Gasteiger partial charge in [-0.15, -0.1) is 0 Å². The first-order chi connectivity index (χ1) is 14.7. The van der Waals surface area contributed by atoms with Gasteiger partial charge in [-0.2, -0.15) is 5.10 Å². The molecule has 1 atom stereocenters. The lowest BCUT2D eigenvalue weighted by atomic mass is 9.86. The third kappa shape index (κ3) is 3.03. The number of benzene rings is 1. The van der Waals surface area contributed by atoms with Gasteiger partial charge in [0.15, 0.2) is 0 Å². The largest absolute Gasteiger partial charge is 0.338 e. The highest BCUT2D eigenvalue weighted by molar-refractivity contribution is 5.75. The summed E-state index contributed by atoms with van der Waals surface area (Å²) in [5.74, 6) is 1.77. The van der Waals surface area contributed by atoms with Gasteiger partial charge in [-0.3, -0.25) is 9.48 Å². The molecule has 1 radical (unpaired) electrons. The third-order valence-corrected chi connectivity index (χ3v) is 7.70. The van der Waals surface area contributed by atoms with Crippen molar-refractivity contribution < 1.29 is 4.79 Å². The average molecular weight is 401 g/mol. The molecule has 2 aromatic rings. The summed E-state index contributed by atoms with van der Waals surface area (Å²) in [7, 11) is 0. The average Bonchev–Trinajstić information content (AvgIpc) is 3.46. The van der Waals surface area contributed by atoms with Gasteiger partial charge in [-0.05, 0) is 62.5 Å². The first-order valence-corrected chi connectivity index (χ1v) is 11.7. The quantitative estimate of drug-likeness (QED) is 0.714. The molecule has 0 bridgehead atoms. The minimum Gasteiger partial charge on any atom is -0.338 e. The topological polar surface area (TPSA) is 38.1 Å². The van der Waals surface area contributed by atoms with Gasteiger partial charge in [-0.25, -0.2) is 0 Å². The van der Waals surface area contributed by atoms with Crippen LogP contribution >= 0.6 is 0 Å². The minimum atomic E-state index is 0.173. The van der Waals surface area contributed by atoms with E-state index in [1.165, 1.54) is 72.9 Å². The molecule has 1 aromatic carbocycles. The lowest BCUT2D eigenvalue weighted by molar-refractivity contribution is -0.129. The molecule has 4 nitrogen and oxygen atoms in total. The van der Waals surface area contributed by atoms with Gasteiger partial charge in [0.25, 0.3) is 0 Å². The second-order valence-corrected chi connectivity index (χ2v) is 9.49. The Bertz CT molecular complexity index is 1050. The molecule has 1 aromatic heterocycles. The van der Waals surface area contributed by atoms with Crippen molar-refractivity contribution >= 4 is 5.91 Å². The Balaban J connectivity index is 1.45. The second kappa shape index (κ2) is 7.11. The molecule has 0 spiro atoms. The fourth-order valence-electron chi connectivity index (χ4n) is 5.91. The second-order valence-electron chi connectivity index (χ2n) is 9.49. The first-order valence-electron chi connectivity index (χ1n) is 11.7. The zero-order valence-electron chi connectivity index (χ0n) is 17.9. The van der Waals surface area contributed by atoms with Gasteiger partial charge in [0.05, 0.1) is 11.7 Å². The molecule has 1 fully saturated rings. The van der Waals surface area contributed by atoms with E-state index in [0.717, 1.165) is 25.1 Å². The number of aromatic nitrogens is 2. The van der Waals surface area contributed by atoms with Gasteiger partial charge >= 0.3 is 0 Å². The van der Waals surface area contributed by atoms with Crippen molar-refractivity contribution in [3.8, 4) is 11.3 Å². The number of rotatable bonds is 2. The van der Waals surface area contributed by atoms with Crippen LogP contribution in [0.25, 0.3) is 11.3 Å². The predicted molar refractivity (Wildman–Crippen MR) is 118 cm³/mol. The normalized spacial score (nSPS) is 23.2. The van der Waals surface area contributed by atoms with E-state index < -0.39 is 0 Å². The minimum absolute atomic E-state index is 0.173. The molecule has 2 heterocycles. The molecule has 30 heavy (non-hydrogen) atoms. The van der Waals surface area contributed by atoms with E-state index in [1.807, 2.05) is 4.90 Å². The van der Waals surface area contributed by atoms with Gasteiger partial charge in [0.1, 0.15) is 0 Å². The molecular formula is C26H30N3O. The van der Waals surface area contributed by atoms with Crippen molar-refractivity contribution in [2.24, 2.45) is 0 Å². The van der Waals surface area contributed by atoms with E-state index in [9.17, 15) is 4.79 Å². The number of carbonyl (C=O) groups is 1. The summed E-state index contributed by atoms with van der Waals surface area (Å²) in [6, 6.07) is 7.26. The van der Waals surface area contributed by atoms with E-state index in [4.69, 9.17) is 5.10 Å². The number of aryl methyl sites for hydroxylation is 1. The molecule has 155 valence electrons. The Hall–Kier alpha value is -2.36. The maximum Gasteiger partial charge on any atom is 0.219 e. The summed E-state index contributed by atoms with van der Waals surface area (Å²) < 4.78 is 2.39. The van der Waals surface area contributed by atoms with Crippen LogP contribution in [-0.4, -0.2) is 27.1 Å². The maximum absolute atomic E-state index is 12.2. The van der Waals surface area contributed by atoms with Crippen LogP contribution in [0.4, 0.5) is 0 Å². The summed E-state index contributed by atoms with van der Waals surface area (Å²) in [4.78, 5) is 14.2. The maximum atomic E-state index is 12.2. The van der Waals surface area contributed by atoms with Gasteiger partial charge < -0.3 is 4.90 Å². The number of hydrogen-bond acceptors (Lipinski definition) is 2. The molecule has 1 unspecified atom stereocenters. The van der Waals surface area contributed by atoms with E-state index in [-0.39, 0.29) is 5.91 Å². The standard InChI is InChI=1S/C26H30N3O/c1-17(30)28-14-13-25-24(16-28)26(23-8-4-6-18-5-2-3-7-22(18)23)27-29(25)21-11-9-19-15-20(19)10-12-21/h4,6,8,15,21H,2-3,5,7,9-14,16H2,1H3. The zero-order chi connectivity index (χ0) is 20.2. The Labute approximate surface area is 179 Å². The van der Waals surface area contributed by atoms with Crippen LogP contribution < -0.4 is 0 Å². The van der Waals surface area contributed by atoms with E-state index >= 15 is 0 Å². The lowest BCUT2D eigenvalue weighted by Crippen LogP contribution is -2.35. The monoisotopic (exact) mass is 400 g/mol. The van der Waals surface area contributed by atoms with Crippen molar-refractivity contribution in [1.82, 2.24) is 14.7 Å². The van der Waals surface area contributed by atoms with Crippen molar-refractivity contribution in [3.63, 3.8) is 0 Å². The number of allylic oxidation sites excluding steroid dienone is 2. The fraction of sp³-hybridized carbons (Fsp3) is 0.500. The van der Waals surface area contributed by atoms with Gasteiger partial charge in [0.2, 0.25) is 5.91 Å². The molecule has 1 aliphatic heterocycles. The molecule has 4 aliphatic rings. The van der Waals surface area contributed by atoms with E-state index in [1.54, 1.807) is 18.4 Å². The molecule has 4 heteroatoms. The van der Waals surface area contributed by atoms with Crippen molar-refractivity contribution in [2.45, 2.75) is 77.3 Å². The number of hydrogen-bond donors (Lipinski definition) is 0. The molecule has 1 amide bonds. The highest BCUT2D eigenvalue weighted by Gasteiger charge is 2.34. The van der Waals surface area contributed by atoms with E-state index in [0.29, 0.717) is 12.6 Å². The van der Waals surface area contributed by atoms with Crippen LogP contribution in [0.3, 0.4) is 0 Å². The Kier molecular flexibility index (Phi) is 4.36. The summed E-state index contributed by atoms with van der Waals surface area (Å²) in [5, 5.41) is 5.32. The van der Waals surface area contributed by atoms with Crippen LogP contribution in [0.15, 0.2) is 29.8 Å². The summed E-state index contributed by atoms with van der Waals surface area (Å²) in [6.45, 7) is 3.22. The Morgan fingerprint density at radius 2 is 1.90 bits per heavy atom. The number of nitrogens with zero attached hydrogens (tertiary/aromatic N) is 3. The first kappa shape index (κ1) is 18.4. The SMILES string of the molecule is CC(=O)N1CCc2c(c(-c3cccc4c3CCCC4)nn2C2CC[C]3C=C3CC2)C1. The molecule has 0 N–H and O–H groups in total. The van der Waals surface area contributed by atoms with Crippen LogP contribution in [-0.2, 0) is 30.6 Å². The summed E-state index contributed by atoms with van der Waals surface area (Å²) in [5.41, 5.74) is 9.75. The van der Waals surface area contributed by atoms with Crippen LogP contribution in [0, 0.1) is 5.92 Å². The molecule has 3 aliphatic carbocycles.